The van der Waals surface area contributed by atoms with Crippen LogP contribution in [0.1, 0.15) is 48.0 Å². The lowest BCUT2D eigenvalue weighted by atomic mass is 10.0. The number of hydrogen-bond acceptors (Lipinski definition) is 4. The Morgan fingerprint density at radius 2 is 1.72 bits per heavy atom. The van der Waals surface area contributed by atoms with Crippen LogP contribution < -0.4 is 16.0 Å². The first-order valence-electron chi connectivity index (χ1n) is 10.5. The van der Waals surface area contributed by atoms with Crippen molar-refractivity contribution in [1.82, 2.24) is 10.6 Å². The van der Waals surface area contributed by atoms with Crippen LogP contribution in [-0.4, -0.2) is 17.7 Å². The zero-order chi connectivity index (χ0) is 22.9. The summed E-state index contributed by atoms with van der Waals surface area (Å²) in [6.45, 7) is 4.15. The SMILES string of the molecule is CC(C)CC(=O)NC(C(=O)NCc1cccc(NC(=O)c2ccco2)c1)c1ccccc1. The standard InChI is InChI=1S/C25H27N3O4/c1-17(2)14-22(29)28-23(19-9-4-3-5-10-19)25(31)26-16-18-8-6-11-20(15-18)27-24(30)21-12-7-13-32-21/h3-13,15,17,23H,14,16H2,1-2H3,(H,26,31)(H,27,30)(H,28,29). The maximum atomic E-state index is 12.9. The highest BCUT2D eigenvalue weighted by Crippen LogP contribution is 2.16. The normalized spacial score (nSPS) is 11.6. The number of carbonyl (C=O) groups excluding carboxylic acids is 3. The van der Waals surface area contributed by atoms with Crippen molar-refractivity contribution in [3.8, 4) is 0 Å². The minimum atomic E-state index is -0.788. The van der Waals surface area contributed by atoms with Gasteiger partial charge in [0.25, 0.3) is 5.91 Å². The summed E-state index contributed by atoms with van der Waals surface area (Å²) < 4.78 is 5.10. The van der Waals surface area contributed by atoms with Crippen molar-refractivity contribution in [2.24, 2.45) is 5.92 Å². The van der Waals surface area contributed by atoms with Crippen molar-refractivity contribution < 1.29 is 18.8 Å². The van der Waals surface area contributed by atoms with Crippen LogP contribution in [0.5, 0.6) is 0 Å². The molecule has 0 aliphatic carbocycles. The van der Waals surface area contributed by atoms with Gasteiger partial charge in [0, 0.05) is 18.7 Å². The van der Waals surface area contributed by atoms with Crippen LogP contribution in [0.4, 0.5) is 5.69 Å². The van der Waals surface area contributed by atoms with Crippen LogP contribution in [0.15, 0.2) is 77.4 Å². The predicted molar refractivity (Wildman–Crippen MR) is 122 cm³/mol. The van der Waals surface area contributed by atoms with Crippen molar-refractivity contribution in [2.45, 2.75) is 32.9 Å². The molecule has 0 aliphatic rings. The summed E-state index contributed by atoms with van der Waals surface area (Å²) in [5.41, 5.74) is 2.10. The highest BCUT2D eigenvalue weighted by Gasteiger charge is 2.22. The van der Waals surface area contributed by atoms with E-state index in [2.05, 4.69) is 16.0 Å². The van der Waals surface area contributed by atoms with Gasteiger partial charge >= 0.3 is 0 Å². The molecule has 3 aromatic rings. The van der Waals surface area contributed by atoms with Crippen LogP contribution in [-0.2, 0) is 16.1 Å². The third-order valence-corrected chi connectivity index (χ3v) is 4.69. The van der Waals surface area contributed by atoms with Crippen LogP contribution in [0, 0.1) is 5.92 Å². The number of nitrogens with one attached hydrogen (secondary N) is 3. The van der Waals surface area contributed by atoms with E-state index in [1.807, 2.05) is 50.2 Å². The lowest BCUT2D eigenvalue weighted by Crippen LogP contribution is -2.40. The molecular formula is C25H27N3O4. The molecule has 7 heteroatoms. The number of carbonyl (C=O) groups is 3. The van der Waals surface area contributed by atoms with E-state index in [0.29, 0.717) is 17.7 Å². The Bertz CT molecular complexity index is 1050. The molecule has 7 nitrogen and oxygen atoms in total. The first-order chi connectivity index (χ1) is 15.4. The van der Waals surface area contributed by atoms with E-state index in [0.717, 1.165) is 5.56 Å². The number of anilines is 1. The van der Waals surface area contributed by atoms with Gasteiger partial charge in [-0.1, -0.05) is 56.3 Å². The van der Waals surface area contributed by atoms with Gasteiger partial charge in [-0.15, -0.1) is 0 Å². The number of benzene rings is 2. The molecule has 3 amide bonds. The second-order valence-corrected chi connectivity index (χ2v) is 7.86. The smallest absolute Gasteiger partial charge is 0.291 e. The van der Waals surface area contributed by atoms with Gasteiger partial charge in [0.2, 0.25) is 11.8 Å². The summed E-state index contributed by atoms with van der Waals surface area (Å²) in [5.74, 6) is -0.432. The van der Waals surface area contributed by atoms with Gasteiger partial charge in [0.05, 0.1) is 6.26 Å². The molecular weight excluding hydrogens is 406 g/mol. The third-order valence-electron chi connectivity index (χ3n) is 4.69. The monoisotopic (exact) mass is 433 g/mol. The molecule has 0 spiro atoms. The summed E-state index contributed by atoms with van der Waals surface area (Å²) in [7, 11) is 0. The molecule has 32 heavy (non-hydrogen) atoms. The van der Waals surface area contributed by atoms with Gasteiger partial charge in [-0.25, -0.2) is 0 Å². The molecule has 1 aromatic heterocycles. The van der Waals surface area contributed by atoms with Crippen LogP contribution >= 0.6 is 0 Å². The topological polar surface area (TPSA) is 100 Å². The van der Waals surface area contributed by atoms with Gasteiger partial charge < -0.3 is 20.4 Å². The van der Waals surface area contributed by atoms with Crippen LogP contribution in [0.2, 0.25) is 0 Å². The Morgan fingerprint density at radius 3 is 2.41 bits per heavy atom. The molecule has 0 fully saturated rings. The largest absolute Gasteiger partial charge is 0.459 e. The average Bonchev–Trinajstić information content (AvgIpc) is 3.31. The Labute approximate surface area is 187 Å². The molecule has 0 aliphatic heterocycles. The summed E-state index contributed by atoms with van der Waals surface area (Å²) in [4.78, 5) is 37.4. The van der Waals surface area contributed by atoms with E-state index in [-0.39, 0.29) is 35.9 Å². The van der Waals surface area contributed by atoms with Crippen molar-refractivity contribution in [3.05, 3.63) is 89.9 Å². The zero-order valence-corrected chi connectivity index (χ0v) is 18.1. The maximum absolute atomic E-state index is 12.9. The fourth-order valence-corrected chi connectivity index (χ4v) is 3.19. The van der Waals surface area contributed by atoms with Gasteiger partial charge in [-0.05, 0) is 41.3 Å². The van der Waals surface area contributed by atoms with Gasteiger partial charge in [-0.3, -0.25) is 14.4 Å². The van der Waals surface area contributed by atoms with E-state index in [1.54, 1.807) is 30.3 Å². The molecule has 166 valence electrons. The van der Waals surface area contributed by atoms with Crippen LogP contribution in [0.3, 0.4) is 0 Å². The van der Waals surface area contributed by atoms with Gasteiger partial charge in [0.1, 0.15) is 6.04 Å². The molecule has 2 aromatic carbocycles. The number of furan rings is 1. The van der Waals surface area contributed by atoms with Crippen molar-refractivity contribution >= 4 is 23.4 Å². The van der Waals surface area contributed by atoms with Crippen molar-refractivity contribution in [3.63, 3.8) is 0 Å². The summed E-state index contributed by atoms with van der Waals surface area (Å²) >= 11 is 0. The van der Waals surface area contributed by atoms with E-state index >= 15 is 0 Å². The minimum Gasteiger partial charge on any atom is -0.459 e. The number of hydrogen-bond donors (Lipinski definition) is 3. The number of amides is 3. The van der Waals surface area contributed by atoms with E-state index < -0.39 is 6.04 Å². The molecule has 1 atom stereocenters. The maximum Gasteiger partial charge on any atom is 0.291 e. The second kappa shape index (κ2) is 10.9. The lowest BCUT2D eigenvalue weighted by molar-refractivity contribution is -0.129. The molecule has 0 radical (unpaired) electrons. The Morgan fingerprint density at radius 1 is 0.938 bits per heavy atom. The van der Waals surface area contributed by atoms with Gasteiger partial charge in [-0.2, -0.15) is 0 Å². The summed E-state index contributed by atoms with van der Waals surface area (Å²) in [6, 6.07) is 18.7. The number of rotatable bonds is 9. The second-order valence-electron chi connectivity index (χ2n) is 7.86. The van der Waals surface area contributed by atoms with Crippen LogP contribution in [0.25, 0.3) is 0 Å². The molecule has 0 bridgehead atoms. The fourth-order valence-electron chi connectivity index (χ4n) is 3.19. The average molecular weight is 434 g/mol. The first-order valence-corrected chi connectivity index (χ1v) is 10.5. The lowest BCUT2D eigenvalue weighted by Gasteiger charge is -2.20. The summed E-state index contributed by atoms with van der Waals surface area (Å²) in [5, 5.41) is 8.48. The van der Waals surface area contributed by atoms with Gasteiger partial charge in [0.15, 0.2) is 5.76 Å². The Hall–Kier alpha value is -3.87. The molecule has 1 heterocycles. The fraction of sp³-hybridized carbons (Fsp3) is 0.240. The molecule has 3 rings (SSSR count). The minimum absolute atomic E-state index is 0.174. The summed E-state index contributed by atoms with van der Waals surface area (Å²) in [6.07, 6.45) is 1.78. The molecule has 3 N–H and O–H groups in total. The van der Waals surface area contributed by atoms with Crippen molar-refractivity contribution in [1.29, 1.82) is 0 Å². The highest BCUT2D eigenvalue weighted by atomic mass is 16.3. The quantitative estimate of drug-likeness (QED) is 0.474. The molecule has 0 saturated carbocycles. The Balaban J connectivity index is 1.65. The molecule has 1 unspecified atom stereocenters. The third kappa shape index (κ3) is 6.57. The van der Waals surface area contributed by atoms with E-state index in [4.69, 9.17) is 4.42 Å². The highest BCUT2D eigenvalue weighted by molar-refractivity contribution is 6.02. The zero-order valence-electron chi connectivity index (χ0n) is 18.1. The molecule has 0 saturated heterocycles. The predicted octanol–water partition coefficient (Wildman–Crippen LogP) is 4.05. The van der Waals surface area contributed by atoms with E-state index in [1.165, 1.54) is 6.26 Å². The first kappa shape index (κ1) is 22.8. The Kier molecular flexibility index (Phi) is 7.80. The van der Waals surface area contributed by atoms with E-state index in [9.17, 15) is 14.4 Å². The van der Waals surface area contributed by atoms with Crippen molar-refractivity contribution in [2.75, 3.05) is 5.32 Å².